The van der Waals surface area contributed by atoms with Gasteiger partial charge in [-0.1, -0.05) is 26.0 Å². The van der Waals surface area contributed by atoms with Gasteiger partial charge >= 0.3 is 11.9 Å². The van der Waals surface area contributed by atoms with Crippen molar-refractivity contribution < 1.29 is 43.2 Å². The molecule has 0 amide bonds. The summed E-state index contributed by atoms with van der Waals surface area (Å²) in [6.07, 6.45) is -1.19. The molecule has 3 N–H and O–H groups in total. The molecule has 2 aromatic carbocycles. The highest BCUT2D eigenvalue weighted by atomic mass is 16.5. The second kappa shape index (κ2) is 11.2. The summed E-state index contributed by atoms with van der Waals surface area (Å²) >= 11 is 0. The lowest BCUT2D eigenvalue weighted by molar-refractivity contribution is 0.0636. The minimum atomic E-state index is -1.39. The van der Waals surface area contributed by atoms with Gasteiger partial charge in [-0.25, -0.2) is 9.59 Å². The fourth-order valence-electron chi connectivity index (χ4n) is 3.23. The first kappa shape index (κ1) is 26.0. The highest BCUT2D eigenvalue weighted by molar-refractivity contribution is 5.90. The largest absolute Gasteiger partial charge is 0.490 e. The number of aromatic carboxylic acids is 2. The number of rotatable bonds is 8. The summed E-state index contributed by atoms with van der Waals surface area (Å²) in [5.41, 5.74) is -1.22. The average molecular weight is 498 g/mol. The summed E-state index contributed by atoms with van der Waals surface area (Å²) in [5, 5.41) is 28.4. The Hall–Kier alpha value is -4.64. The lowest BCUT2D eigenvalue weighted by Crippen LogP contribution is -2.25. The normalized spacial score (nSPS) is 10.7. The molecule has 0 unspecified atom stereocenters. The first-order chi connectivity index (χ1) is 17.2. The topological polar surface area (TPSA) is 174 Å². The molecule has 2 heterocycles. The highest BCUT2D eigenvalue weighted by Crippen LogP contribution is 2.25. The number of fused-ring (bicyclic) bond motifs is 2. The van der Waals surface area contributed by atoms with Crippen LogP contribution in [0.4, 0.5) is 0 Å². The molecule has 0 aliphatic rings. The van der Waals surface area contributed by atoms with Crippen molar-refractivity contribution in [3.8, 4) is 11.5 Å². The van der Waals surface area contributed by atoms with E-state index in [1.165, 1.54) is 36.4 Å². The molecule has 36 heavy (non-hydrogen) atoms. The zero-order valence-corrected chi connectivity index (χ0v) is 19.2. The third-order valence-corrected chi connectivity index (χ3v) is 4.72. The minimum Gasteiger partial charge on any atom is -0.490 e. The number of carboxylic acids is 2. The Labute approximate surface area is 202 Å². The molecule has 0 spiro atoms. The smallest absolute Gasteiger partial charge is 0.371 e. The van der Waals surface area contributed by atoms with E-state index < -0.39 is 40.4 Å². The van der Waals surface area contributed by atoms with Crippen LogP contribution < -0.4 is 20.3 Å². The molecule has 4 aromatic rings. The maximum atomic E-state index is 12.3. The van der Waals surface area contributed by atoms with Crippen molar-refractivity contribution in [1.29, 1.82) is 0 Å². The summed E-state index contributed by atoms with van der Waals surface area (Å²) in [6.45, 7) is 3.39. The van der Waals surface area contributed by atoms with Crippen LogP contribution in [0.1, 0.15) is 35.0 Å². The van der Waals surface area contributed by atoms with Gasteiger partial charge in [-0.15, -0.1) is 0 Å². The van der Waals surface area contributed by atoms with E-state index >= 15 is 0 Å². The van der Waals surface area contributed by atoms with Crippen molar-refractivity contribution in [3.05, 3.63) is 80.5 Å². The molecule has 11 heteroatoms. The van der Waals surface area contributed by atoms with Crippen molar-refractivity contribution in [2.45, 2.75) is 20.0 Å². The number of carbonyl (C=O) groups is 2. The Morgan fingerprint density at radius 3 is 1.53 bits per heavy atom. The number of ether oxygens (including phenoxy) is 2. The van der Waals surface area contributed by atoms with Crippen LogP contribution in [0.15, 0.2) is 67.0 Å². The van der Waals surface area contributed by atoms with Crippen LogP contribution in [-0.2, 0) is 0 Å². The maximum Gasteiger partial charge on any atom is 0.371 e. The number of aliphatic hydroxyl groups excluding tert-OH is 1. The van der Waals surface area contributed by atoms with E-state index in [4.69, 9.17) is 28.5 Å². The minimum absolute atomic E-state index is 0.0105. The molecule has 0 aliphatic carbocycles. The summed E-state index contributed by atoms with van der Waals surface area (Å²) in [5.74, 6) is -3.65. The zero-order chi connectivity index (χ0) is 26.4. The highest BCUT2D eigenvalue weighted by Gasteiger charge is 2.17. The zero-order valence-electron chi connectivity index (χ0n) is 19.2. The predicted octanol–water partition coefficient (Wildman–Crippen LogP) is 3.14. The number of aliphatic hydroxyl groups is 1. The van der Waals surface area contributed by atoms with Crippen LogP contribution in [0, 0.1) is 0 Å². The van der Waals surface area contributed by atoms with Crippen molar-refractivity contribution >= 4 is 33.9 Å². The second-order valence-corrected chi connectivity index (χ2v) is 7.09. The van der Waals surface area contributed by atoms with Gasteiger partial charge in [0.05, 0.1) is 0 Å². The Kier molecular flexibility index (Phi) is 8.07. The van der Waals surface area contributed by atoms with Crippen LogP contribution in [0.2, 0.25) is 0 Å². The number of benzene rings is 2. The lowest BCUT2D eigenvalue weighted by atomic mass is 10.2. The Morgan fingerprint density at radius 1 is 0.778 bits per heavy atom. The Bertz CT molecular complexity index is 1420. The third kappa shape index (κ3) is 5.53. The Balaban J connectivity index is 0.00000176. The molecule has 0 saturated heterocycles. The first-order valence-corrected chi connectivity index (χ1v) is 10.8. The van der Waals surface area contributed by atoms with Gasteiger partial charge in [0.25, 0.3) is 0 Å². The molecule has 0 aliphatic heterocycles. The van der Waals surface area contributed by atoms with Gasteiger partial charge < -0.3 is 33.6 Å². The standard InChI is InChI=1S/C23H16O11.C2H6/c24-11(9-31-14-3-1-5-16-20(14)12(25)7-18(33-16)22(27)28)10-32-15-4-2-6-17-21(15)13(26)8-19(34-17)23(29)30;1-2/h1-8,11,24H,9-10H2,(H,27,28)(H,29,30);1-2H3. The van der Waals surface area contributed by atoms with Gasteiger partial charge in [0.15, 0.2) is 10.9 Å². The molecule has 11 nitrogen and oxygen atoms in total. The number of hydrogen-bond acceptors (Lipinski definition) is 9. The summed E-state index contributed by atoms with van der Waals surface area (Å²) in [6, 6.07) is 10.4. The van der Waals surface area contributed by atoms with Gasteiger partial charge in [0.1, 0.15) is 52.8 Å². The first-order valence-electron chi connectivity index (χ1n) is 10.8. The fourth-order valence-corrected chi connectivity index (χ4v) is 3.23. The quantitative estimate of drug-likeness (QED) is 0.325. The van der Waals surface area contributed by atoms with Gasteiger partial charge in [-0.3, -0.25) is 9.59 Å². The molecule has 4 rings (SSSR count). The van der Waals surface area contributed by atoms with Crippen LogP contribution in [-0.4, -0.2) is 46.6 Å². The van der Waals surface area contributed by atoms with Crippen LogP contribution >= 0.6 is 0 Å². The fraction of sp³-hybridized carbons (Fsp3) is 0.200. The van der Waals surface area contributed by atoms with Gasteiger partial charge in [0, 0.05) is 12.1 Å². The van der Waals surface area contributed by atoms with E-state index in [0.29, 0.717) is 0 Å². The van der Waals surface area contributed by atoms with Crippen LogP contribution in [0.3, 0.4) is 0 Å². The van der Waals surface area contributed by atoms with E-state index in [1.807, 2.05) is 13.8 Å². The third-order valence-electron chi connectivity index (χ3n) is 4.72. The molecular weight excluding hydrogens is 476 g/mol. The second-order valence-electron chi connectivity index (χ2n) is 7.09. The van der Waals surface area contributed by atoms with E-state index in [-0.39, 0.29) is 46.7 Å². The van der Waals surface area contributed by atoms with E-state index in [1.54, 1.807) is 0 Å². The van der Waals surface area contributed by atoms with Gasteiger partial charge in [-0.2, -0.15) is 0 Å². The predicted molar refractivity (Wildman–Crippen MR) is 127 cm³/mol. The van der Waals surface area contributed by atoms with Crippen LogP contribution in [0.25, 0.3) is 21.9 Å². The van der Waals surface area contributed by atoms with E-state index in [9.17, 15) is 24.3 Å². The monoisotopic (exact) mass is 498 g/mol. The number of carboxylic acid groups (broad SMARTS) is 2. The molecule has 0 radical (unpaired) electrons. The van der Waals surface area contributed by atoms with Gasteiger partial charge in [0.2, 0.25) is 11.5 Å². The SMILES string of the molecule is CC.O=C(O)c1cc(=O)c2c(OCC(O)COc3cccc4oc(C(=O)O)cc(=O)c34)cccc2o1. The molecule has 0 fully saturated rings. The van der Waals surface area contributed by atoms with Crippen molar-refractivity contribution in [1.82, 2.24) is 0 Å². The molecular formula is C25H22O11. The van der Waals surface area contributed by atoms with Crippen molar-refractivity contribution in [2.75, 3.05) is 13.2 Å². The molecule has 188 valence electrons. The maximum absolute atomic E-state index is 12.3. The van der Waals surface area contributed by atoms with E-state index in [0.717, 1.165) is 12.1 Å². The molecule has 0 bridgehead atoms. The van der Waals surface area contributed by atoms with Crippen molar-refractivity contribution in [2.24, 2.45) is 0 Å². The molecule has 0 atom stereocenters. The number of hydrogen-bond donors (Lipinski definition) is 3. The van der Waals surface area contributed by atoms with E-state index in [2.05, 4.69) is 0 Å². The summed E-state index contributed by atoms with van der Waals surface area (Å²) < 4.78 is 21.4. The van der Waals surface area contributed by atoms with Crippen LogP contribution in [0.5, 0.6) is 11.5 Å². The molecule has 2 aromatic heterocycles. The lowest BCUT2D eigenvalue weighted by Gasteiger charge is -2.15. The van der Waals surface area contributed by atoms with Crippen molar-refractivity contribution in [3.63, 3.8) is 0 Å². The van der Waals surface area contributed by atoms with Gasteiger partial charge in [-0.05, 0) is 24.3 Å². The molecule has 0 saturated carbocycles. The Morgan fingerprint density at radius 2 is 1.17 bits per heavy atom. The summed E-state index contributed by atoms with van der Waals surface area (Å²) in [7, 11) is 0. The summed E-state index contributed by atoms with van der Waals surface area (Å²) in [4.78, 5) is 46.8. The average Bonchev–Trinajstić information content (AvgIpc) is 2.86.